The predicted molar refractivity (Wildman–Crippen MR) is 132 cm³/mol. The molecule has 3 aromatic carbocycles. The molecule has 1 amide bonds. The Morgan fingerprint density at radius 2 is 1.79 bits per heavy atom. The van der Waals surface area contributed by atoms with Crippen molar-refractivity contribution in [1.82, 2.24) is 4.98 Å². The fourth-order valence-corrected chi connectivity index (χ4v) is 5.96. The van der Waals surface area contributed by atoms with E-state index in [2.05, 4.69) is 10.3 Å². The van der Waals surface area contributed by atoms with Crippen LogP contribution in [-0.4, -0.2) is 33.0 Å². The second-order valence-electron chi connectivity index (χ2n) is 6.93. The van der Waals surface area contributed by atoms with Gasteiger partial charge in [-0.2, -0.15) is 0 Å². The van der Waals surface area contributed by atoms with E-state index in [1.54, 1.807) is 43.3 Å². The third kappa shape index (κ3) is 4.52. The first-order valence-corrected chi connectivity index (χ1v) is 12.6. The zero-order valence-corrected chi connectivity index (χ0v) is 20.2. The molecule has 0 spiro atoms. The van der Waals surface area contributed by atoms with Crippen molar-refractivity contribution in [3.05, 3.63) is 77.3 Å². The molecule has 0 atom stereocenters. The number of fused-ring (bicyclic) bond motifs is 1. The van der Waals surface area contributed by atoms with Gasteiger partial charge < -0.3 is 4.74 Å². The minimum Gasteiger partial charge on any atom is -0.494 e. The molecule has 10 heteroatoms. The van der Waals surface area contributed by atoms with Crippen LogP contribution in [0, 0.1) is 0 Å². The van der Waals surface area contributed by atoms with Crippen molar-refractivity contribution in [2.45, 2.75) is 11.8 Å². The molecule has 33 heavy (non-hydrogen) atoms. The Labute approximate surface area is 200 Å². The Morgan fingerprint density at radius 3 is 2.42 bits per heavy atom. The summed E-state index contributed by atoms with van der Waals surface area (Å²) in [4.78, 5) is 17.2. The summed E-state index contributed by atoms with van der Waals surface area (Å²) in [6, 6.07) is 18.1. The quantitative estimate of drug-likeness (QED) is 0.365. The van der Waals surface area contributed by atoms with E-state index >= 15 is 0 Å². The molecule has 0 bridgehead atoms. The Bertz CT molecular complexity index is 1410. The van der Waals surface area contributed by atoms with Crippen LogP contribution in [0.25, 0.3) is 10.2 Å². The fourth-order valence-electron chi connectivity index (χ4n) is 3.33. The van der Waals surface area contributed by atoms with Crippen LogP contribution in [0.4, 0.5) is 10.8 Å². The lowest BCUT2D eigenvalue weighted by molar-refractivity contribution is 0.102. The smallest absolute Gasteiger partial charge is 0.264 e. The number of hydrogen-bond acceptors (Lipinski definition) is 6. The molecule has 7 nitrogen and oxygen atoms in total. The Morgan fingerprint density at radius 1 is 1.09 bits per heavy atom. The lowest BCUT2D eigenvalue weighted by Crippen LogP contribution is -2.30. The molecule has 170 valence electrons. The highest BCUT2D eigenvalue weighted by molar-refractivity contribution is 7.92. The summed E-state index contributed by atoms with van der Waals surface area (Å²) in [5, 5.41) is 3.61. The Balaban J connectivity index is 1.56. The lowest BCUT2D eigenvalue weighted by atomic mass is 10.2. The number of para-hydroxylation sites is 1. The van der Waals surface area contributed by atoms with Gasteiger partial charge >= 0.3 is 0 Å². The van der Waals surface area contributed by atoms with Gasteiger partial charge in [-0.15, -0.1) is 0 Å². The largest absolute Gasteiger partial charge is 0.494 e. The minimum atomic E-state index is -3.77. The number of carbonyl (C=O) groups excluding carboxylic acids is 1. The summed E-state index contributed by atoms with van der Waals surface area (Å²) < 4.78 is 33.6. The number of amides is 1. The molecule has 0 aliphatic rings. The number of benzene rings is 3. The van der Waals surface area contributed by atoms with E-state index in [-0.39, 0.29) is 11.4 Å². The number of methoxy groups -OCH3 is 1. The summed E-state index contributed by atoms with van der Waals surface area (Å²) in [6.45, 7) is 2.05. The van der Waals surface area contributed by atoms with Crippen LogP contribution in [0.2, 0.25) is 5.02 Å². The van der Waals surface area contributed by atoms with Gasteiger partial charge in [-0.25, -0.2) is 13.4 Å². The molecule has 0 aliphatic heterocycles. The number of sulfonamides is 1. The van der Waals surface area contributed by atoms with E-state index in [9.17, 15) is 13.2 Å². The Kier molecular flexibility index (Phi) is 6.55. The van der Waals surface area contributed by atoms with Gasteiger partial charge in [0.1, 0.15) is 11.3 Å². The summed E-state index contributed by atoms with van der Waals surface area (Å²) in [6.07, 6.45) is 0. The second kappa shape index (κ2) is 9.38. The first-order valence-electron chi connectivity index (χ1n) is 9.97. The highest BCUT2D eigenvalue weighted by Gasteiger charge is 2.24. The van der Waals surface area contributed by atoms with E-state index in [1.165, 1.54) is 47.0 Å². The number of anilines is 2. The molecular formula is C23H20ClN3O4S2. The number of halogens is 1. The monoisotopic (exact) mass is 501 g/mol. The molecule has 0 saturated heterocycles. The number of hydrogen-bond donors (Lipinski definition) is 1. The van der Waals surface area contributed by atoms with Crippen molar-refractivity contribution in [3.8, 4) is 5.75 Å². The zero-order chi connectivity index (χ0) is 23.6. The lowest BCUT2D eigenvalue weighted by Gasteiger charge is -2.22. The van der Waals surface area contributed by atoms with E-state index in [4.69, 9.17) is 16.3 Å². The molecule has 0 aliphatic carbocycles. The van der Waals surface area contributed by atoms with Crippen LogP contribution >= 0.6 is 22.9 Å². The van der Waals surface area contributed by atoms with Crippen molar-refractivity contribution in [2.75, 3.05) is 23.3 Å². The second-order valence-corrected chi connectivity index (χ2v) is 10.2. The van der Waals surface area contributed by atoms with E-state index < -0.39 is 15.9 Å². The molecule has 4 rings (SSSR count). The molecule has 0 fully saturated rings. The number of aromatic nitrogens is 1. The average molecular weight is 502 g/mol. The predicted octanol–water partition coefficient (Wildman–Crippen LogP) is 5.43. The van der Waals surface area contributed by atoms with E-state index in [0.717, 1.165) is 0 Å². The van der Waals surface area contributed by atoms with Gasteiger partial charge in [0.25, 0.3) is 15.9 Å². The number of thiazole rings is 1. The molecule has 0 unspecified atom stereocenters. The SMILES string of the molecule is CCN(c1ccccc1)S(=O)(=O)c1ccc(C(=O)Nc2nc3c(OC)ccc(Cl)c3s2)cc1. The third-order valence-electron chi connectivity index (χ3n) is 4.93. The Hall–Kier alpha value is -3.14. The molecule has 1 heterocycles. The van der Waals surface area contributed by atoms with Crippen LogP contribution in [0.3, 0.4) is 0 Å². The number of nitrogens with one attached hydrogen (secondary N) is 1. The first kappa shape index (κ1) is 23.0. The zero-order valence-electron chi connectivity index (χ0n) is 17.8. The molecule has 4 aromatic rings. The minimum absolute atomic E-state index is 0.0984. The molecule has 1 aromatic heterocycles. The van der Waals surface area contributed by atoms with Crippen molar-refractivity contribution in [3.63, 3.8) is 0 Å². The van der Waals surface area contributed by atoms with Crippen molar-refractivity contribution in [2.24, 2.45) is 0 Å². The summed E-state index contributed by atoms with van der Waals surface area (Å²) in [7, 11) is -2.24. The standard InChI is InChI=1S/C23H20ClN3O4S2/c1-3-27(16-7-5-4-6-8-16)33(29,30)17-11-9-15(10-12-17)22(28)26-23-25-20-19(31-2)14-13-18(24)21(20)32-23/h4-14H,3H2,1-2H3,(H,25,26,28). The third-order valence-corrected chi connectivity index (χ3v) is 8.28. The van der Waals surface area contributed by atoms with Gasteiger partial charge in [-0.1, -0.05) is 41.1 Å². The molecule has 1 N–H and O–H groups in total. The average Bonchev–Trinajstić information content (AvgIpc) is 3.25. The van der Waals surface area contributed by atoms with Crippen LogP contribution in [-0.2, 0) is 10.0 Å². The molecule has 0 saturated carbocycles. The molecular weight excluding hydrogens is 482 g/mol. The van der Waals surface area contributed by atoms with Crippen molar-refractivity contribution in [1.29, 1.82) is 0 Å². The van der Waals surface area contributed by atoms with E-state index in [1.807, 2.05) is 6.07 Å². The summed E-state index contributed by atoms with van der Waals surface area (Å²) in [5.74, 6) is 0.142. The van der Waals surface area contributed by atoms with Gasteiger partial charge in [0.15, 0.2) is 5.13 Å². The van der Waals surface area contributed by atoms with Crippen molar-refractivity contribution < 1.29 is 17.9 Å². The highest BCUT2D eigenvalue weighted by Crippen LogP contribution is 2.37. The van der Waals surface area contributed by atoms with E-state index in [0.29, 0.717) is 37.4 Å². The number of nitrogens with zero attached hydrogens (tertiary/aromatic N) is 2. The highest BCUT2D eigenvalue weighted by atomic mass is 35.5. The topological polar surface area (TPSA) is 88.6 Å². The van der Waals surface area contributed by atoms with Crippen molar-refractivity contribution >= 4 is 59.9 Å². The summed E-state index contributed by atoms with van der Waals surface area (Å²) in [5.41, 5.74) is 1.44. The summed E-state index contributed by atoms with van der Waals surface area (Å²) >= 11 is 7.47. The van der Waals surface area contributed by atoms with Crippen LogP contribution in [0.1, 0.15) is 17.3 Å². The normalized spacial score (nSPS) is 11.4. The van der Waals surface area contributed by atoms with Gasteiger partial charge in [0, 0.05) is 12.1 Å². The van der Waals surface area contributed by atoms with Crippen LogP contribution < -0.4 is 14.4 Å². The molecule has 0 radical (unpaired) electrons. The maximum Gasteiger partial charge on any atom is 0.264 e. The van der Waals surface area contributed by atoms with Gasteiger partial charge in [0.2, 0.25) is 0 Å². The number of carbonyl (C=O) groups is 1. The number of ether oxygens (including phenoxy) is 1. The first-order chi connectivity index (χ1) is 15.8. The number of rotatable bonds is 7. The van der Waals surface area contributed by atoms with Crippen LogP contribution in [0.15, 0.2) is 71.6 Å². The van der Waals surface area contributed by atoms with Gasteiger partial charge in [-0.05, 0) is 55.5 Å². The van der Waals surface area contributed by atoms with Gasteiger partial charge in [0.05, 0.1) is 27.4 Å². The van der Waals surface area contributed by atoms with Crippen LogP contribution in [0.5, 0.6) is 5.75 Å². The van der Waals surface area contributed by atoms with Gasteiger partial charge in [-0.3, -0.25) is 14.4 Å². The fraction of sp³-hybridized carbons (Fsp3) is 0.130. The maximum absolute atomic E-state index is 13.1. The maximum atomic E-state index is 13.1.